The predicted molar refractivity (Wildman–Crippen MR) is 48.0 cm³/mol. The lowest BCUT2D eigenvalue weighted by atomic mass is 9.44. The van der Waals surface area contributed by atoms with Crippen molar-refractivity contribution >= 4 is 5.97 Å². The molecule has 3 rings (SSSR count). The summed E-state index contributed by atoms with van der Waals surface area (Å²) in [7, 11) is 0. The topological polar surface area (TPSA) is 26.3 Å². The summed E-state index contributed by atoms with van der Waals surface area (Å²) in [4.78, 5) is 11.5. The number of carbonyl (C=O) groups is 1. The Kier molecular flexibility index (Phi) is 1.17. The number of cyclic esters (lactones) is 1. The molecule has 3 fully saturated rings. The van der Waals surface area contributed by atoms with E-state index in [1.807, 2.05) is 0 Å². The highest BCUT2D eigenvalue weighted by atomic mass is 16.5. The molecular weight excluding hydrogens is 164 g/mol. The zero-order chi connectivity index (χ0) is 9.27. The van der Waals surface area contributed by atoms with Crippen LogP contribution < -0.4 is 0 Å². The minimum Gasteiger partial charge on any atom is -0.465 e. The van der Waals surface area contributed by atoms with Gasteiger partial charge in [0.25, 0.3) is 0 Å². The SMILES string of the molecule is CC12C3CC[C@]1(C)CC2C(=O)OC3. The van der Waals surface area contributed by atoms with Crippen molar-refractivity contribution in [1.82, 2.24) is 0 Å². The number of rotatable bonds is 0. The highest BCUT2D eigenvalue weighted by Gasteiger charge is 2.70. The molecule has 0 amide bonds. The Morgan fingerprint density at radius 1 is 1.46 bits per heavy atom. The second-order valence-electron chi connectivity index (χ2n) is 5.47. The van der Waals surface area contributed by atoms with Gasteiger partial charge >= 0.3 is 5.97 Å². The summed E-state index contributed by atoms with van der Waals surface area (Å²) >= 11 is 0. The molecule has 0 aromatic rings. The molecule has 4 atom stereocenters. The molecule has 0 aromatic carbocycles. The van der Waals surface area contributed by atoms with Gasteiger partial charge in [-0.2, -0.15) is 0 Å². The molecule has 13 heavy (non-hydrogen) atoms. The van der Waals surface area contributed by atoms with E-state index in [-0.39, 0.29) is 17.3 Å². The van der Waals surface area contributed by atoms with Gasteiger partial charge in [-0.1, -0.05) is 13.8 Å². The molecule has 3 aliphatic rings. The van der Waals surface area contributed by atoms with E-state index in [1.54, 1.807) is 0 Å². The molecule has 0 bridgehead atoms. The third-order valence-corrected chi connectivity index (χ3v) is 5.28. The highest BCUT2D eigenvalue weighted by Crippen LogP contribution is 2.72. The van der Waals surface area contributed by atoms with Crippen molar-refractivity contribution in [2.24, 2.45) is 22.7 Å². The van der Waals surface area contributed by atoms with Gasteiger partial charge in [-0.3, -0.25) is 4.79 Å². The van der Waals surface area contributed by atoms with Crippen molar-refractivity contribution in [3.05, 3.63) is 0 Å². The van der Waals surface area contributed by atoms with Gasteiger partial charge < -0.3 is 4.74 Å². The van der Waals surface area contributed by atoms with Crippen LogP contribution in [0.1, 0.15) is 33.1 Å². The molecule has 2 heteroatoms. The lowest BCUT2D eigenvalue weighted by Crippen LogP contribution is -2.61. The van der Waals surface area contributed by atoms with Crippen LogP contribution in [0.25, 0.3) is 0 Å². The van der Waals surface area contributed by atoms with Gasteiger partial charge in [0.1, 0.15) is 0 Å². The van der Waals surface area contributed by atoms with Gasteiger partial charge in [-0.15, -0.1) is 0 Å². The van der Waals surface area contributed by atoms with Crippen LogP contribution in [0.4, 0.5) is 0 Å². The van der Waals surface area contributed by atoms with E-state index in [4.69, 9.17) is 4.74 Å². The molecule has 1 heterocycles. The molecule has 0 radical (unpaired) electrons. The smallest absolute Gasteiger partial charge is 0.309 e. The maximum absolute atomic E-state index is 11.5. The van der Waals surface area contributed by atoms with Crippen LogP contribution >= 0.6 is 0 Å². The summed E-state index contributed by atoms with van der Waals surface area (Å²) < 4.78 is 5.21. The number of hydrogen-bond donors (Lipinski definition) is 0. The summed E-state index contributed by atoms with van der Waals surface area (Å²) in [6.07, 6.45) is 3.62. The molecule has 2 aliphatic carbocycles. The largest absolute Gasteiger partial charge is 0.465 e. The normalized spacial score (nSPS) is 58.2. The molecule has 0 aromatic heterocycles. The Morgan fingerprint density at radius 2 is 2.23 bits per heavy atom. The van der Waals surface area contributed by atoms with E-state index < -0.39 is 0 Å². The van der Waals surface area contributed by atoms with Gasteiger partial charge in [-0.25, -0.2) is 0 Å². The fourth-order valence-corrected chi connectivity index (χ4v) is 3.98. The number of carbonyl (C=O) groups excluding carboxylic acids is 1. The number of ether oxygens (including phenoxy) is 1. The zero-order valence-corrected chi connectivity index (χ0v) is 8.30. The Hall–Kier alpha value is -0.530. The first-order valence-corrected chi connectivity index (χ1v) is 5.24. The maximum Gasteiger partial charge on any atom is 0.309 e. The second-order valence-corrected chi connectivity index (χ2v) is 5.47. The van der Waals surface area contributed by atoms with Crippen LogP contribution in [0.3, 0.4) is 0 Å². The quantitative estimate of drug-likeness (QED) is 0.533. The molecule has 1 saturated heterocycles. The highest BCUT2D eigenvalue weighted by molar-refractivity contribution is 5.76. The molecule has 72 valence electrons. The first-order valence-electron chi connectivity index (χ1n) is 5.24. The van der Waals surface area contributed by atoms with E-state index in [9.17, 15) is 4.79 Å². The van der Waals surface area contributed by atoms with E-state index >= 15 is 0 Å². The molecule has 0 spiro atoms. The van der Waals surface area contributed by atoms with Gasteiger partial charge in [0.2, 0.25) is 0 Å². The van der Waals surface area contributed by atoms with Crippen LogP contribution in [-0.2, 0) is 9.53 Å². The van der Waals surface area contributed by atoms with E-state index in [1.165, 1.54) is 12.8 Å². The summed E-state index contributed by atoms with van der Waals surface area (Å²) in [5, 5.41) is 0. The van der Waals surface area contributed by atoms with Crippen molar-refractivity contribution < 1.29 is 9.53 Å². The molecule has 2 nitrogen and oxygen atoms in total. The fourth-order valence-electron chi connectivity index (χ4n) is 3.98. The summed E-state index contributed by atoms with van der Waals surface area (Å²) in [5.41, 5.74) is 0.726. The number of esters is 1. The van der Waals surface area contributed by atoms with Crippen molar-refractivity contribution in [2.45, 2.75) is 33.1 Å². The van der Waals surface area contributed by atoms with Gasteiger partial charge in [-0.05, 0) is 36.0 Å². The lowest BCUT2D eigenvalue weighted by molar-refractivity contribution is -0.207. The van der Waals surface area contributed by atoms with Crippen molar-refractivity contribution in [1.29, 1.82) is 0 Å². The first-order chi connectivity index (χ1) is 6.08. The molecule has 0 N–H and O–H groups in total. The number of hydrogen-bond acceptors (Lipinski definition) is 2. The van der Waals surface area contributed by atoms with Gasteiger partial charge in [0.15, 0.2) is 0 Å². The second kappa shape index (κ2) is 1.94. The fraction of sp³-hybridized carbons (Fsp3) is 0.909. The Balaban J connectivity index is 2.04. The van der Waals surface area contributed by atoms with E-state index in [0.29, 0.717) is 17.9 Å². The minimum atomic E-state index is 0.0677. The van der Waals surface area contributed by atoms with Crippen LogP contribution in [0.2, 0.25) is 0 Å². The summed E-state index contributed by atoms with van der Waals surface area (Å²) in [6.45, 7) is 5.34. The average Bonchev–Trinajstić information content (AvgIpc) is 2.32. The van der Waals surface area contributed by atoms with E-state index in [0.717, 1.165) is 6.42 Å². The third-order valence-electron chi connectivity index (χ3n) is 5.28. The van der Waals surface area contributed by atoms with Crippen LogP contribution in [0, 0.1) is 22.7 Å². The van der Waals surface area contributed by atoms with Crippen molar-refractivity contribution in [3.63, 3.8) is 0 Å². The monoisotopic (exact) mass is 180 g/mol. The summed E-state index contributed by atoms with van der Waals surface area (Å²) in [5.74, 6) is 0.936. The van der Waals surface area contributed by atoms with Crippen molar-refractivity contribution in [3.8, 4) is 0 Å². The maximum atomic E-state index is 11.5. The van der Waals surface area contributed by atoms with Gasteiger partial charge in [0.05, 0.1) is 12.5 Å². The minimum absolute atomic E-state index is 0.0677. The Labute approximate surface area is 78.6 Å². The third kappa shape index (κ3) is 0.628. The van der Waals surface area contributed by atoms with Gasteiger partial charge in [0, 0.05) is 0 Å². The Bertz CT molecular complexity index is 286. The zero-order valence-electron chi connectivity index (χ0n) is 8.30. The van der Waals surface area contributed by atoms with Crippen LogP contribution in [0.15, 0.2) is 0 Å². The summed E-state index contributed by atoms with van der Waals surface area (Å²) in [6, 6.07) is 0. The lowest BCUT2D eigenvalue weighted by Gasteiger charge is -2.61. The molecule has 1 aliphatic heterocycles. The van der Waals surface area contributed by atoms with Crippen LogP contribution in [-0.4, -0.2) is 12.6 Å². The van der Waals surface area contributed by atoms with Crippen LogP contribution in [0.5, 0.6) is 0 Å². The molecule has 2 saturated carbocycles. The molecule has 3 unspecified atom stereocenters. The molecular formula is C11H16O2. The Morgan fingerprint density at radius 3 is 3.00 bits per heavy atom. The van der Waals surface area contributed by atoms with E-state index in [2.05, 4.69) is 13.8 Å². The first kappa shape index (κ1) is 7.84. The van der Waals surface area contributed by atoms with Crippen molar-refractivity contribution in [2.75, 3.05) is 6.61 Å². The predicted octanol–water partition coefficient (Wildman–Crippen LogP) is 1.99. The standard InChI is InChI=1S/C11H16O2/c1-10-4-3-7-6-13-9(12)8(5-10)11(7,10)2/h7-8H,3-6H2,1-2H3/t7?,8?,10-,11?/m1/s1. The average molecular weight is 180 g/mol.